The zero-order valence-corrected chi connectivity index (χ0v) is 12.3. The largest absolute Gasteiger partial charge is 0.393 e. The van der Waals surface area contributed by atoms with Gasteiger partial charge in [-0.25, -0.2) is 0 Å². The summed E-state index contributed by atoms with van der Waals surface area (Å²) in [6, 6.07) is 7.22. The number of benzene rings is 1. The standard InChI is InChI=1S/C16H22N2O3/c1-11-4-2-5-12(8-11)16(21)18-10-15(20)17-9-13-6-3-7-14(13)19/h2,4-5,8,13-14,19H,3,6-7,9-10H2,1H3,(H,17,20)(H,18,21). The van der Waals surface area contributed by atoms with Gasteiger partial charge in [-0.3, -0.25) is 9.59 Å². The highest BCUT2D eigenvalue weighted by atomic mass is 16.3. The van der Waals surface area contributed by atoms with Gasteiger partial charge >= 0.3 is 0 Å². The van der Waals surface area contributed by atoms with Gasteiger partial charge in [-0.1, -0.05) is 24.1 Å². The summed E-state index contributed by atoms with van der Waals surface area (Å²) in [7, 11) is 0. The minimum Gasteiger partial charge on any atom is -0.393 e. The van der Waals surface area contributed by atoms with Crippen molar-refractivity contribution in [1.29, 1.82) is 0 Å². The van der Waals surface area contributed by atoms with E-state index in [1.807, 2.05) is 19.1 Å². The second kappa shape index (κ2) is 7.22. The summed E-state index contributed by atoms with van der Waals surface area (Å²) >= 11 is 0. The van der Waals surface area contributed by atoms with Crippen LogP contribution >= 0.6 is 0 Å². The van der Waals surface area contributed by atoms with Gasteiger partial charge in [0.25, 0.3) is 5.91 Å². The molecule has 5 nitrogen and oxygen atoms in total. The summed E-state index contributed by atoms with van der Waals surface area (Å²) in [5.74, 6) is -0.341. The third kappa shape index (κ3) is 4.56. The number of aliphatic hydroxyl groups excluding tert-OH is 1. The Balaban J connectivity index is 1.72. The van der Waals surface area contributed by atoms with Crippen molar-refractivity contribution in [3.05, 3.63) is 35.4 Å². The molecule has 21 heavy (non-hydrogen) atoms. The Morgan fingerprint density at radius 2 is 2.10 bits per heavy atom. The summed E-state index contributed by atoms with van der Waals surface area (Å²) in [6.45, 7) is 2.34. The lowest BCUT2D eigenvalue weighted by Gasteiger charge is -2.15. The fourth-order valence-corrected chi connectivity index (χ4v) is 2.61. The van der Waals surface area contributed by atoms with Crippen LogP contribution < -0.4 is 10.6 Å². The Kier molecular flexibility index (Phi) is 5.33. The first-order chi connectivity index (χ1) is 10.1. The topological polar surface area (TPSA) is 78.4 Å². The van der Waals surface area contributed by atoms with Gasteiger partial charge in [-0.05, 0) is 31.9 Å². The van der Waals surface area contributed by atoms with Crippen molar-refractivity contribution < 1.29 is 14.7 Å². The molecule has 1 aliphatic carbocycles. The summed E-state index contributed by atoms with van der Waals surface area (Å²) < 4.78 is 0. The van der Waals surface area contributed by atoms with E-state index in [-0.39, 0.29) is 30.4 Å². The molecule has 0 saturated heterocycles. The van der Waals surface area contributed by atoms with Crippen LogP contribution in [0.5, 0.6) is 0 Å². The smallest absolute Gasteiger partial charge is 0.251 e. The molecular weight excluding hydrogens is 268 g/mol. The van der Waals surface area contributed by atoms with Gasteiger partial charge in [-0.2, -0.15) is 0 Å². The van der Waals surface area contributed by atoms with Crippen molar-refractivity contribution in [1.82, 2.24) is 10.6 Å². The summed E-state index contributed by atoms with van der Waals surface area (Å²) in [4.78, 5) is 23.6. The number of aliphatic hydroxyl groups is 1. The lowest BCUT2D eigenvalue weighted by molar-refractivity contribution is -0.120. The fraction of sp³-hybridized carbons (Fsp3) is 0.500. The Bertz CT molecular complexity index is 516. The molecule has 2 unspecified atom stereocenters. The Hall–Kier alpha value is -1.88. The van der Waals surface area contributed by atoms with Gasteiger partial charge in [0.2, 0.25) is 5.91 Å². The highest BCUT2D eigenvalue weighted by Gasteiger charge is 2.25. The molecule has 0 aliphatic heterocycles. The van der Waals surface area contributed by atoms with E-state index < -0.39 is 0 Å². The molecule has 114 valence electrons. The number of aryl methyl sites for hydroxylation is 1. The molecule has 2 amide bonds. The van der Waals surface area contributed by atoms with Crippen LogP contribution in [0.15, 0.2) is 24.3 Å². The SMILES string of the molecule is Cc1cccc(C(=O)NCC(=O)NCC2CCCC2O)c1. The van der Waals surface area contributed by atoms with Crippen molar-refractivity contribution in [2.24, 2.45) is 5.92 Å². The third-order valence-electron chi connectivity index (χ3n) is 3.87. The van der Waals surface area contributed by atoms with E-state index in [1.54, 1.807) is 12.1 Å². The molecule has 2 atom stereocenters. The first kappa shape index (κ1) is 15.5. The van der Waals surface area contributed by atoms with Crippen LogP contribution in [0.2, 0.25) is 0 Å². The van der Waals surface area contributed by atoms with E-state index in [9.17, 15) is 14.7 Å². The van der Waals surface area contributed by atoms with E-state index in [2.05, 4.69) is 10.6 Å². The van der Waals surface area contributed by atoms with Crippen LogP contribution in [0, 0.1) is 12.8 Å². The minimum atomic E-state index is -0.313. The van der Waals surface area contributed by atoms with Crippen molar-refractivity contribution in [3.8, 4) is 0 Å². The Labute approximate surface area is 124 Å². The molecule has 1 aromatic rings. The van der Waals surface area contributed by atoms with Crippen molar-refractivity contribution in [3.63, 3.8) is 0 Å². The highest BCUT2D eigenvalue weighted by molar-refractivity contribution is 5.96. The zero-order valence-electron chi connectivity index (χ0n) is 12.3. The Morgan fingerprint density at radius 3 is 2.76 bits per heavy atom. The molecule has 1 aromatic carbocycles. The second-order valence-electron chi connectivity index (χ2n) is 5.61. The number of amides is 2. The van der Waals surface area contributed by atoms with E-state index in [1.165, 1.54) is 0 Å². The molecule has 1 saturated carbocycles. The first-order valence-corrected chi connectivity index (χ1v) is 7.36. The van der Waals surface area contributed by atoms with Crippen LogP contribution in [0.25, 0.3) is 0 Å². The highest BCUT2D eigenvalue weighted by Crippen LogP contribution is 2.24. The van der Waals surface area contributed by atoms with Gasteiger partial charge < -0.3 is 15.7 Å². The monoisotopic (exact) mass is 290 g/mol. The van der Waals surface area contributed by atoms with E-state index in [0.29, 0.717) is 12.1 Å². The molecule has 5 heteroatoms. The number of carbonyl (C=O) groups is 2. The van der Waals surface area contributed by atoms with Gasteiger partial charge in [0.15, 0.2) is 0 Å². The summed E-state index contributed by atoms with van der Waals surface area (Å²) in [6.07, 6.45) is 2.44. The normalized spacial score (nSPS) is 21.0. The summed E-state index contributed by atoms with van der Waals surface area (Å²) in [5.41, 5.74) is 1.55. The van der Waals surface area contributed by atoms with E-state index in [0.717, 1.165) is 24.8 Å². The van der Waals surface area contributed by atoms with Crippen LogP contribution in [0.3, 0.4) is 0 Å². The van der Waals surface area contributed by atoms with Crippen molar-refractivity contribution in [2.75, 3.05) is 13.1 Å². The average molecular weight is 290 g/mol. The predicted molar refractivity (Wildman–Crippen MR) is 79.9 cm³/mol. The lowest BCUT2D eigenvalue weighted by Crippen LogP contribution is -2.40. The first-order valence-electron chi connectivity index (χ1n) is 7.36. The molecule has 0 heterocycles. The minimum absolute atomic E-state index is 0.0460. The molecule has 0 radical (unpaired) electrons. The van der Waals surface area contributed by atoms with E-state index in [4.69, 9.17) is 0 Å². The molecular formula is C16H22N2O3. The molecule has 1 aliphatic rings. The molecule has 3 N–H and O–H groups in total. The zero-order chi connectivity index (χ0) is 15.2. The molecule has 2 rings (SSSR count). The molecule has 0 aromatic heterocycles. The predicted octanol–water partition coefficient (Wildman–Crippen LogP) is 1.00. The van der Waals surface area contributed by atoms with Gasteiger partial charge in [-0.15, -0.1) is 0 Å². The number of carbonyl (C=O) groups excluding carboxylic acids is 2. The van der Waals surface area contributed by atoms with Gasteiger partial charge in [0.05, 0.1) is 12.6 Å². The number of hydrogen-bond donors (Lipinski definition) is 3. The lowest BCUT2D eigenvalue weighted by atomic mass is 10.1. The fourth-order valence-electron chi connectivity index (χ4n) is 2.61. The maximum Gasteiger partial charge on any atom is 0.251 e. The van der Waals surface area contributed by atoms with Crippen molar-refractivity contribution in [2.45, 2.75) is 32.3 Å². The Morgan fingerprint density at radius 1 is 1.29 bits per heavy atom. The van der Waals surface area contributed by atoms with Crippen LogP contribution in [0.1, 0.15) is 35.2 Å². The molecule has 0 spiro atoms. The van der Waals surface area contributed by atoms with Crippen molar-refractivity contribution >= 4 is 11.8 Å². The summed E-state index contributed by atoms with van der Waals surface area (Å²) in [5, 5.41) is 15.0. The average Bonchev–Trinajstić information content (AvgIpc) is 2.88. The molecule has 1 fully saturated rings. The van der Waals surface area contributed by atoms with E-state index >= 15 is 0 Å². The maximum atomic E-state index is 11.9. The van der Waals surface area contributed by atoms with Crippen LogP contribution in [-0.2, 0) is 4.79 Å². The van der Waals surface area contributed by atoms with Gasteiger partial charge in [0, 0.05) is 18.0 Å². The molecule has 0 bridgehead atoms. The maximum absolute atomic E-state index is 11.9. The number of nitrogens with one attached hydrogen (secondary N) is 2. The van der Waals surface area contributed by atoms with Crippen LogP contribution in [-0.4, -0.2) is 36.1 Å². The quantitative estimate of drug-likeness (QED) is 0.757. The number of hydrogen-bond acceptors (Lipinski definition) is 3. The number of rotatable bonds is 5. The van der Waals surface area contributed by atoms with Crippen LogP contribution in [0.4, 0.5) is 0 Å². The van der Waals surface area contributed by atoms with Gasteiger partial charge in [0.1, 0.15) is 0 Å². The second-order valence-corrected chi connectivity index (χ2v) is 5.61. The third-order valence-corrected chi connectivity index (χ3v) is 3.87.